The molecule has 4 nitrogen and oxygen atoms in total. The summed E-state index contributed by atoms with van der Waals surface area (Å²) in [7, 11) is 0. The van der Waals surface area contributed by atoms with Crippen LogP contribution < -0.4 is 16.4 Å². The number of allylic oxidation sites excluding steroid dienone is 2. The lowest BCUT2D eigenvalue weighted by Crippen LogP contribution is -2.35. The van der Waals surface area contributed by atoms with Crippen molar-refractivity contribution >= 4 is 11.6 Å². The monoisotopic (exact) mass is 215 g/mol. The fourth-order valence-electron chi connectivity index (χ4n) is 1.60. The van der Waals surface area contributed by atoms with Crippen molar-refractivity contribution in [3.8, 4) is 0 Å². The zero-order valence-corrected chi connectivity index (χ0v) is 8.76. The Bertz CT molecular complexity index is 462. The minimum Gasteiger partial charge on any atom is -0.385 e. The zero-order chi connectivity index (χ0) is 11.5. The Morgan fingerprint density at radius 3 is 2.50 bits per heavy atom. The summed E-state index contributed by atoms with van der Waals surface area (Å²) in [4.78, 5) is 12.9. The van der Waals surface area contributed by atoms with Crippen molar-refractivity contribution in [3.63, 3.8) is 0 Å². The van der Waals surface area contributed by atoms with E-state index in [1.54, 1.807) is 12.2 Å². The van der Waals surface area contributed by atoms with E-state index >= 15 is 0 Å². The minimum atomic E-state index is -0.412. The number of hydrogen-bond donors (Lipinski definition) is 2. The molecule has 2 rings (SSSR count). The average molecular weight is 215 g/mol. The maximum Gasteiger partial charge on any atom is 0.246 e. The first-order chi connectivity index (χ1) is 7.68. The molecule has 4 heteroatoms. The number of para-hydroxylation sites is 1. The van der Waals surface area contributed by atoms with Gasteiger partial charge in [0, 0.05) is 11.3 Å². The summed E-state index contributed by atoms with van der Waals surface area (Å²) in [5, 5.41) is 0. The van der Waals surface area contributed by atoms with Crippen LogP contribution in [-0.4, -0.2) is 12.5 Å². The van der Waals surface area contributed by atoms with Crippen LogP contribution in [0.1, 0.15) is 0 Å². The SMILES string of the molecule is NC(=O)C1=CC=C(N)N(c2ccccc2)C1. The summed E-state index contributed by atoms with van der Waals surface area (Å²) in [5.74, 6) is 0.195. The van der Waals surface area contributed by atoms with Crippen LogP contribution in [0.2, 0.25) is 0 Å². The lowest BCUT2D eigenvalue weighted by molar-refractivity contribution is -0.114. The maximum absolute atomic E-state index is 11.1. The first-order valence-electron chi connectivity index (χ1n) is 4.97. The predicted molar refractivity (Wildman–Crippen MR) is 63.3 cm³/mol. The zero-order valence-electron chi connectivity index (χ0n) is 8.76. The molecule has 16 heavy (non-hydrogen) atoms. The number of hydrogen-bond acceptors (Lipinski definition) is 3. The van der Waals surface area contributed by atoms with E-state index < -0.39 is 5.91 Å². The van der Waals surface area contributed by atoms with Gasteiger partial charge in [-0.2, -0.15) is 0 Å². The van der Waals surface area contributed by atoms with Crippen LogP contribution in [0.3, 0.4) is 0 Å². The highest BCUT2D eigenvalue weighted by atomic mass is 16.1. The molecule has 0 saturated carbocycles. The van der Waals surface area contributed by atoms with E-state index in [0.29, 0.717) is 17.9 Å². The van der Waals surface area contributed by atoms with Gasteiger partial charge in [-0.15, -0.1) is 0 Å². The Morgan fingerprint density at radius 1 is 1.19 bits per heavy atom. The van der Waals surface area contributed by atoms with E-state index in [1.807, 2.05) is 35.2 Å². The van der Waals surface area contributed by atoms with Gasteiger partial charge < -0.3 is 16.4 Å². The normalized spacial score (nSPS) is 15.4. The maximum atomic E-state index is 11.1. The van der Waals surface area contributed by atoms with Gasteiger partial charge in [0.1, 0.15) is 5.82 Å². The number of anilines is 1. The number of nitrogens with two attached hydrogens (primary N) is 2. The molecule has 0 aromatic heterocycles. The summed E-state index contributed by atoms with van der Waals surface area (Å²) < 4.78 is 0. The molecule has 1 aromatic rings. The van der Waals surface area contributed by atoms with Crippen molar-refractivity contribution < 1.29 is 4.79 Å². The molecule has 0 atom stereocenters. The minimum absolute atomic E-state index is 0.412. The molecule has 0 unspecified atom stereocenters. The molecule has 1 aromatic carbocycles. The van der Waals surface area contributed by atoms with Crippen LogP contribution in [0, 0.1) is 0 Å². The van der Waals surface area contributed by atoms with Crippen molar-refractivity contribution in [2.24, 2.45) is 11.5 Å². The van der Waals surface area contributed by atoms with E-state index in [2.05, 4.69) is 0 Å². The van der Waals surface area contributed by atoms with E-state index in [1.165, 1.54) is 0 Å². The van der Waals surface area contributed by atoms with Crippen LogP contribution >= 0.6 is 0 Å². The molecule has 0 aliphatic carbocycles. The first kappa shape index (κ1) is 10.3. The third-order valence-electron chi connectivity index (χ3n) is 2.48. The Labute approximate surface area is 93.8 Å². The molecule has 0 fully saturated rings. The second-order valence-corrected chi connectivity index (χ2v) is 3.57. The summed E-state index contributed by atoms with van der Waals surface area (Å²) in [6.07, 6.45) is 3.35. The smallest absolute Gasteiger partial charge is 0.246 e. The number of rotatable bonds is 2. The van der Waals surface area contributed by atoms with Gasteiger partial charge in [-0.25, -0.2) is 0 Å². The van der Waals surface area contributed by atoms with Crippen LogP contribution in [0.25, 0.3) is 0 Å². The molecule has 82 valence electrons. The number of benzene rings is 1. The number of carbonyl (C=O) groups is 1. The topological polar surface area (TPSA) is 72.3 Å². The molecule has 0 spiro atoms. The van der Waals surface area contributed by atoms with Crippen molar-refractivity contribution in [2.75, 3.05) is 11.4 Å². The quantitative estimate of drug-likeness (QED) is 0.763. The number of carbonyl (C=O) groups excluding carboxylic acids is 1. The molecule has 1 heterocycles. The van der Waals surface area contributed by atoms with Crippen molar-refractivity contribution in [1.29, 1.82) is 0 Å². The summed E-state index contributed by atoms with van der Waals surface area (Å²) in [6.45, 7) is 0.418. The Kier molecular flexibility index (Phi) is 2.64. The highest BCUT2D eigenvalue weighted by Crippen LogP contribution is 2.20. The van der Waals surface area contributed by atoms with E-state index in [-0.39, 0.29) is 0 Å². The third kappa shape index (κ3) is 1.91. The lowest BCUT2D eigenvalue weighted by atomic mass is 10.1. The fourth-order valence-corrected chi connectivity index (χ4v) is 1.60. The van der Waals surface area contributed by atoms with Crippen LogP contribution in [0.5, 0.6) is 0 Å². The largest absolute Gasteiger partial charge is 0.385 e. The predicted octanol–water partition coefficient (Wildman–Crippen LogP) is 0.718. The Hall–Kier alpha value is -2.23. The number of nitrogens with zero attached hydrogens (tertiary/aromatic N) is 1. The van der Waals surface area contributed by atoms with Gasteiger partial charge in [0.25, 0.3) is 0 Å². The molecule has 0 radical (unpaired) electrons. The van der Waals surface area contributed by atoms with Crippen molar-refractivity contribution in [1.82, 2.24) is 0 Å². The van der Waals surface area contributed by atoms with E-state index in [9.17, 15) is 4.79 Å². The second kappa shape index (κ2) is 4.10. The van der Waals surface area contributed by atoms with E-state index in [0.717, 1.165) is 5.69 Å². The summed E-state index contributed by atoms with van der Waals surface area (Å²) in [6, 6.07) is 9.64. The molecule has 0 saturated heterocycles. The lowest BCUT2D eigenvalue weighted by Gasteiger charge is -2.27. The third-order valence-corrected chi connectivity index (χ3v) is 2.48. The van der Waals surface area contributed by atoms with Crippen molar-refractivity contribution in [3.05, 3.63) is 53.9 Å². The molecular weight excluding hydrogens is 202 g/mol. The van der Waals surface area contributed by atoms with Crippen LogP contribution in [-0.2, 0) is 4.79 Å². The van der Waals surface area contributed by atoms with Gasteiger partial charge in [0.05, 0.1) is 6.54 Å². The summed E-state index contributed by atoms with van der Waals surface area (Å²) >= 11 is 0. The second-order valence-electron chi connectivity index (χ2n) is 3.57. The highest BCUT2D eigenvalue weighted by molar-refractivity contribution is 5.94. The Morgan fingerprint density at radius 2 is 1.88 bits per heavy atom. The number of primary amides is 1. The van der Waals surface area contributed by atoms with Gasteiger partial charge >= 0.3 is 0 Å². The van der Waals surface area contributed by atoms with Gasteiger partial charge in [0.2, 0.25) is 5.91 Å². The molecule has 0 bridgehead atoms. The Balaban J connectivity index is 2.29. The molecule has 1 aliphatic heterocycles. The van der Waals surface area contributed by atoms with Crippen LogP contribution in [0.4, 0.5) is 5.69 Å². The summed E-state index contributed by atoms with van der Waals surface area (Å²) in [5.41, 5.74) is 12.6. The molecule has 1 amide bonds. The average Bonchev–Trinajstić information content (AvgIpc) is 2.30. The van der Waals surface area contributed by atoms with Gasteiger partial charge in [0.15, 0.2) is 0 Å². The number of amides is 1. The van der Waals surface area contributed by atoms with E-state index in [4.69, 9.17) is 11.5 Å². The molecular formula is C12H13N3O. The van der Waals surface area contributed by atoms with Crippen molar-refractivity contribution in [2.45, 2.75) is 0 Å². The van der Waals surface area contributed by atoms with Gasteiger partial charge in [-0.1, -0.05) is 18.2 Å². The van der Waals surface area contributed by atoms with Gasteiger partial charge in [-0.05, 0) is 24.3 Å². The highest BCUT2D eigenvalue weighted by Gasteiger charge is 2.17. The fraction of sp³-hybridized carbons (Fsp3) is 0.0833. The first-order valence-corrected chi connectivity index (χ1v) is 4.97. The van der Waals surface area contributed by atoms with Gasteiger partial charge in [-0.3, -0.25) is 4.79 Å². The molecule has 1 aliphatic rings. The molecule has 4 N–H and O–H groups in total. The standard InChI is InChI=1S/C12H13N3O/c13-11-7-6-9(12(14)16)8-15(11)10-4-2-1-3-5-10/h1-7H,8,13H2,(H2,14,16). The van der Waals surface area contributed by atoms with Crippen LogP contribution in [0.15, 0.2) is 53.9 Å².